The van der Waals surface area contributed by atoms with Crippen molar-refractivity contribution in [2.45, 2.75) is 26.8 Å². The quantitative estimate of drug-likeness (QED) is 0.475. The van der Waals surface area contributed by atoms with Crippen LogP contribution in [0.3, 0.4) is 0 Å². The maximum atomic E-state index is 3.81. The van der Waals surface area contributed by atoms with Crippen LogP contribution in [-0.2, 0) is 0 Å². The summed E-state index contributed by atoms with van der Waals surface area (Å²) >= 11 is 0. The summed E-state index contributed by atoms with van der Waals surface area (Å²) in [6, 6.07) is 0.562. The molecule has 0 aliphatic carbocycles. The fraction of sp³-hybridized carbons (Fsp3) is 0.500. The first kappa shape index (κ1) is 15.6. The highest BCUT2D eigenvalue weighted by atomic mass is 16.0. The number of allylic oxidation sites excluding steroid dienone is 1. The van der Waals surface area contributed by atoms with Gasteiger partial charge in [-0.1, -0.05) is 13.2 Å². The van der Waals surface area contributed by atoms with Crippen LogP contribution in [0.2, 0.25) is 0 Å². The summed E-state index contributed by atoms with van der Waals surface area (Å²) < 4.78 is 0.920. The summed E-state index contributed by atoms with van der Waals surface area (Å²) in [7, 11) is 0. The van der Waals surface area contributed by atoms with E-state index in [9.17, 15) is 0 Å². The highest BCUT2D eigenvalue weighted by molar-refractivity contribution is 4.80. The van der Waals surface area contributed by atoms with Crippen LogP contribution in [-0.4, -0.2) is 29.1 Å². The molecule has 0 saturated heterocycles. The van der Waals surface area contributed by atoms with E-state index in [0.29, 0.717) is 6.04 Å². The largest absolute Gasteiger partial charge is 0.870 e. The Morgan fingerprint density at radius 2 is 1.57 bits per heavy atom. The van der Waals surface area contributed by atoms with Crippen LogP contribution in [0.25, 0.3) is 0 Å². The van der Waals surface area contributed by atoms with Gasteiger partial charge in [0, 0.05) is 0 Å². The number of quaternary nitrogens is 1. The summed E-state index contributed by atoms with van der Waals surface area (Å²) in [5.74, 6) is 0. The maximum absolute atomic E-state index is 3.81. The molecule has 0 rings (SSSR count). The molecule has 14 heavy (non-hydrogen) atoms. The first-order valence-electron chi connectivity index (χ1n) is 4.85. The Hall–Kier alpha value is -0.860. The fourth-order valence-electron chi connectivity index (χ4n) is 1.57. The van der Waals surface area contributed by atoms with Gasteiger partial charge in [0.25, 0.3) is 0 Å². The lowest BCUT2D eigenvalue weighted by atomic mass is 10.2. The summed E-state index contributed by atoms with van der Waals surface area (Å²) in [6.45, 7) is 16.1. The van der Waals surface area contributed by atoms with Crippen molar-refractivity contribution in [3.63, 3.8) is 0 Å². The summed E-state index contributed by atoms with van der Waals surface area (Å²) in [4.78, 5) is 0. The minimum Gasteiger partial charge on any atom is -0.870 e. The highest BCUT2D eigenvalue weighted by Crippen LogP contribution is 2.15. The molecule has 0 aromatic carbocycles. The smallest absolute Gasteiger partial charge is 0.102 e. The molecule has 0 aromatic heterocycles. The van der Waals surface area contributed by atoms with E-state index in [1.54, 1.807) is 0 Å². The van der Waals surface area contributed by atoms with Crippen molar-refractivity contribution in [3.8, 4) is 0 Å². The molecule has 0 saturated carbocycles. The third kappa shape index (κ3) is 3.90. The Morgan fingerprint density at radius 3 is 1.79 bits per heavy atom. The lowest BCUT2D eigenvalue weighted by molar-refractivity contribution is -0.889. The number of rotatable bonds is 6. The summed E-state index contributed by atoms with van der Waals surface area (Å²) in [5, 5.41) is 0. The zero-order chi connectivity index (χ0) is 10.3. The van der Waals surface area contributed by atoms with Crippen molar-refractivity contribution >= 4 is 0 Å². The third-order valence-corrected chi connectivity index (χ3v) is 2.41. The van der Waals surface area contributed by atoms with Gasteiger partial charge in [-0.05, 0) is 39.0 Å². The van der Waals surface area contributed by atoms with Gasteiger partial charge >= 0.3 is 0 Å². The number of nitrogens with zero attached hydrogens (tertiary/aromatic N) is 1. The molecule has 0 radical (unpaired) electrons. The second kappa shape index (κ2) is 7.54. The Bertz CT molecular complexity index is 184. The second-order valence-corrected chi connectivity index (χ2v) is 3.62. The Balaban J connectivity index is 0. The van der Waals surface area contributed by atoms with Crippen LogP contribution in [0.15, 0.2) is 37.6 Å². The van der Waals surface area contributed by atoms with E-state index in [2.05, 4.69) is 46.2 Å². The molecule has 0 aliphatic heterocycles. The van der Waals surface area contributed by atoms with Crippen LogP contribution in [0.1, 0.15) is 20.8 Å². The predicted octanol–water partition coefficient (Wildman–Crippen LogP) is 2.94. The van der Waals surface area contributed by atoms with Crippen molar-refractivity contribution in [2.75, 3.05) is 13.1 Å². The lowest BCUT2D eigenvalue weighted by Crippen LogP contribution is -2.48. The lowest BCUT2D eigenvalue weighted by Gasteiger charge is -2.37. The molecular weight excluding hydrogens is 174 g/mol. The Labute approximate surface area is 88.1 Å². The Kier molecular flexibility index (Phi) is 8.40. The molecule has 0 amide bonds. The van der Waals surface area contributed by atoms with Crippen molar-refractivity contribution < 1.29 is 9.96 Å². The monoisotopic (exact) mass is 197 g/mol. The Morgan fingerprint density at radius 1 is 1.14 bits per heavy atom. The van der Waals surface area contributed by atoms with E-state index >= 15 is 0 Å². The second-order valence-electron chi connectivity index (χ2n) is 3.62. The molecule has 0 bridgehead atoms. The molecule has 0 unspecified atom stereocenters. The van der Waals surface area contributed by atoms with Gasteiger partial charge in [0.05, 0.1) is 12.2 Å². The first-order chi connectivity index (χ1) is 6.13. The molecule has 2 heteroatoms. The maximum Gasteiger partial charge on any atom is 0.102 e. The van der Waals surface area contributed by atoms with E-state index < -0.39 is 0 Å². The van der Waals surface area contributed by atoms with Crippen molar-refractivity contribution in [2.24, 2.45) is 0 Å². The molecule has 0 fully saturated rings. The zero-order valence-electron chi connectivity index (χ0n) is 9.61. The van der Waals surface area contributed by atoms with E-state index in [-0.39, 0.29) is 5.48 Å². The molecule has 0 spiro atoms. The summed E-state index contributed by atoms with van der Waals surface area (Å²) in [6.07, 6.45) is 8.29. The van der Waals surface area contributed by atoms with Crippen LogP contribution in [0.5, 0.6) is 0 Å². The normalized spacial score (nSPS) is 11.4. The van der Waals surface area contributed by atoms with Crippen molar-refractivity contribution in [1.82, 2.24) is 0 Å². The summed E-state index contributed by atoms with van der Waals surface area (Å²) in [5.41, 5.74) is 0. The minimum absolute atomic E-state index is 0. The van der Waals surface area contributed by atoms with Gasteiger partial charge in [-0.15, -0.1) is 0 Å². The third-order valence-electron chi connectivity index (χ3n) is 2.41. The molecule has 82 valence electrons. The van der Waals surface area contributed by atoms with Crippen LogP contribution in [0, 0.1) is 0 Å². The molecule has 0 aromatic rings. The van der Waals surface area contributed by atoms with Gasteiger partial charge in [-0.2, -0.15) is 0 Å². The average molecular weight is 197 g/mol. The predicted molar refractivity (Wildman–Crippen MR) is 62.3 cm³/mol. The van der Waals surface area contributed by atoms with Gasteiger partial charge in [0.15, 0.2) is 0 Å². The van der Waals surface area contributed by atoms with Crippen LogP contribution < -0.4 is 0 Å². The van der Waals surface area contributed by atoms with E-state index in [1.165, 1.54) is 0 Å². The van der Waals surface area contributed by atoms with Crippen molar-refractivity contribution in [3.05, 3.63) is 37.6 Å². The molecule has 0 atom stereocenters. The number of hydrogen-bond donors (Lipinski definition) is 0. The molecule has 1 N–H and O–H groups in total. The van der Waals surface area contributed by atoms with Crippen LogP contribution >= 0.6 is 0 Å². The van der Waals surface area contributed by atoms with Gasteiger partial charge < -0.3 is 5.48 Å². The molecular formula is C12H23NO. The fourth-order valence-corrected chi connectivity index (χ4v) is 1.57. The van der Waals surface area contributed by atoms with Gasteiger partial charge in [-0.3, -0.25) is 4.48 Å². The standard InChI is InChI=1S/C12H22N.H2O/c1-6-9-13(10-7-2,11-8-3)12(4)5;/h6-8,11-12H,1-2,9-10H2,3-5H3;1H2/q+1;/p-1. The molecule has 0 aliphatic rings. The van der Waals surface area contributed by atoms with E-state index in [1.807, 2.05) is 12.2 Å². The zero-order valence-corrected chi connectivity index (χ0v) is 9.61. The van der Waals surface area contributed by atoms with E-state index in [0.717, 1.165) is 17.6 Å². The highest BCUT2D eigenvalue weighted by Gasteiger charge is 2.25. The average Bonchev–Trinajstić information content (AvgIpc) is 2.05. The minimum atomic E-state index is 0. The van der Waals surface area contributed by atoms with Crippen molar-refractivity contribution in [1.29, 1.82) is 0 Å². The van der Waals surface area contributed by atoms with E-state index in [4.69, 9.17) is 0 Å². The van der Waals surface area contributed by atoms with Crippen LogP contribution in [0.4, 0.5) is 0 Å². The van der Waals surface area contributed by atoms with Gasteiger partial charge in [-0.25, -0.2) is 0 Å². The van der Waals surface area contributed by atoms with Gasteiger partial charge in [0.1, 0.15) is 13.1 Å². The molecule has 0 heterocycles. The van der Waals surface area contributed by atoms with Gasteiger partial charge in [0.2, 0.25) is 0 Å². The molecule has 2 nitrogen and oxygen atoms in total. The first-order valence-corrected chi connectivity index (χ1v) is 4.85. The SMILES string of the molecule is C=CC[N+](C=CC)(CC=C)C(C)C.[OH-]. The number of hydrogen-bond acceptors (Lipinski definition) is 1. The topological polar surface area (TPSA) is 30.0 Å².